The Kier molecular flexibility index (Phi) is 8.50. The van der Waals surface area contributed by atoms with E-state index in [1.54, 1.807) is 0 Å². The van der Waals surface area contributed by atoms with Crippen LogP contribution in [-0.2, 0) is 28.6 Å². The smallest absolute Gasteiger partial charge is 0.312 e. The van der Waals surface area contributed by atoms with Crippen LogP contribution < -0.4 is 0 Å². The Balaban J connectivity index is 1.77. The number of fused-ring (bicyclic) bond motifs is 2. The van der Waals surface area contributed by atoms with Crippen molar-refractivity contribution in [3.8, 4) is 0 Å². The molecule has 0 amide bonds. The number of methoxy groups -OCH3 is 1. The summed E-state index contributed by atoms with van der Waals surface area (Å²) >= 11 is 0. The van der Waals surface area contributed by atoms with Crippen LogP contribution >= 0.6 is 0 Å². The number of allylic oxidation sites excluding steroid dienone is 6. The van der Waals surface area contributed by atoms with Crippen LogP contribution in [-0.4, -0.2) is 37.2 Å². The van der Waals surface area contributed by atoms with Crippen LogP contribution in [0, 0.1) is 33.5 Å². The molecule has 6 heteroatoms. The molecule has 0 bridgehead atoms. The van der Waals surface area contributed by atoms with E-state index in [0.717, 1.165) is 44.9 Å². The predicted octanol–water partition coefficient (Wildman–Crippen LogP) is 7.66. The summed E-state index contributed by atoms with van der Waals surface area (Å²) in [6.07, 6.45) is 10.7. The lowest BCUT2D eigenvalue weighted by Crippen LogP contribution is -2.60. The molecular formula is C35H52O6. The largest absolute Gasteiger partial charge is 0.469 e. The molecule has 2 fully saturated rings. The van der Waals surface area contributed by atoms with Gasteiger partial charge in [0.25, 0.3) is 0 Å². The van der Waals surface area contributed by atoms with Crippen molar-refractivity contribution in [1.29, 1.82) is 0 Å². The number of carbonyl (C=O) groups excluding carboxylic acids is 3. The summed E-state index contributed by atoms with van der Waals surface area (Å²) in [6.45, 7) is 18.5. The Bertz CT molecular complexity index is 1180. The fourth-order valence-electron chi connectivity index (χ4n) is 9.32. The van der Waals surface area contributed by atoms with Crippen LogP contribution in [0.25, 0.3) is 0 Å². The topological polar surface area (TPSA) is 78.9 Å². The van der Waals surface area contributed by atoms with E-state index in [9.17, 15) is 14.4 Å². The number of hydrogen-bond acceptors (Lipinski definition) is 6. The maximum Gasteiger partial charge on any atom is 0.312 e. The van der Waals surface area contributed by atoms with Crippen molar-refractivity contribution in [1.82, 2.24) is 0 Å². The second-order valence-electron chi connectivity index (χ2n) is 15.0. The summed E-state index contributed by atoms with van der Waals surface area (Å²) in [5.41, 5.74) is 4.30. The summed E-state index contributed by atoms with van der Waals surface area (Å²) in [5.74, 6) is -0.414. The third-order valence-electron chi connectivity index (χ3n) is 11.4. The van der Waals surface area contributed by atoms with Crippen molar-refractivity contribution in [2.45, 2.75) is 126 Å². The van der Waals surface area contributed by atoms with Gasteiger partial charge in [0.05, 0.1) is 12.5 Å². The summed E-state index contributed by atoms with van der Waals surface area (Å²) < 4.78 is 17.2. The fourth-order valence-corrected chi connectivity index (χ4v) is 9.32. The zero-order chi connectivity index (χ0) is 30.5. The van der Waals surface area contributed by atoms with Crippen LogP contribution in [0.1, 0.15) is 114 Å². The number of rotatable bonds is 5. The normalized spacial score (nSPS) is 36.3. The molecule has 0 aliphatic heterocycles. The molecular weight excluding hydrogens is 516 g/mol. The second kappa shape index (κ2) is 11.0. The first-order chi connectivity index (χ1) is 19.0. The molecule has 4 aliphatic rings. The van der Waals surface area contributed by atoms with Gasteiger partial charge >= 0.3 is 17.9 Å². The molecule has 6 atom stereocenters. The molecule has 2 saturated carbocycles. The average molecular weight is 569 g/mol. The molecule has 0 spiro atoms. The van der Waals surface area contributed by atoms with Crippen LogP contribution in [0.5, 0.6) is 0 Å². The molecule has 0 heterocycles. The third-order valence-corrected chi connectivity index (χ3v) is 11.4. The summed E-state index contributed by atoms with van der Waals surface area (Å²) in [6, 6.07) is 0. The quantitative estimate of drug-likeness (QED) is 0.250. The van der Waals surface area contributed by atoms with E-state index in [2.05, 4.69) is 60.6 Å². The van der Waals surface area contributed by atoms with Gasteiger partial charge in [0.15, 0.2) is 0 Å². The zero-order valence-electron chi connectivity index (χ0n) is 27.1. The first-order valence-corrected chi connectivity index (χ1v) is 15.5. The van der Waals surface area contributed by atoms with Crippen LogP contribution in [0.4, 0.5) is 0 Å². The van der Waals surface area contributed by atoms with Gasteiger partial charge in [0.1, 0.15) is 12.2 Å². The van der Waals surface area contributed by atoms with E-state index < -0.39 is 23.0 Å². The molecule has 0 radical (unpaired) electrons. The maximum atomic E-state index is 13.3. The third kappa shape index (κ3) is 5.57. The molecule has 6 nitrogen and oxygen atoms in total. The molecule has 0 saturated heterocycles. The van der Waals surface area contributed by atoms with E-state index in [-0.39, 0.29) is 40.6 Å². The highest BCUT2D eigenvalue weighted by Gasteiger charge is 2.60. The summed E-state index contributed by atoms with van der Waals surface area (Å²) in [4.78, 5) is 37.7. The van der Waals surface area contributed by atoms with Gasteiger partial charge in [-0.05, 0) is 93.1 Å². The van der Waals surface area contributed by atoms with E-state index in [1.807, 2.05) is 0 Å². The van der Waals surface area contributed by atoms with Gasteiger partial charge in [-0.2, -0.15) is 0 Å². The van der Waals surface area contributed by atoms with E-state index >= 15 is 0 Å². The first kappa shape index (κ1) is 31.6. The average Bonchev–Trinajstić information content (AvgIpc) is 2.85. The zero-order valence-corrected chi connectivity index (χ0v) is 27.1. The van der Waals surface area contributed by atoms with E-state index in [1.165, 1.54) is 43.2 Å². The van der Waals surface area contributed by atoms with Gasteiger partial charge in [-0.25, -0.2) is 0 Å². The van der Waals surface area contributed by atoms with Gasteiger partial charge < -0.3 is 14.2 Å². The lowest BCUT2D eigenvalue weighted by Gasteiger charge is -2.58. The highest BCUT2D eigenvalue weighted by atomic mass is 16.6. The molecule has 0 aromatic rings. The van der Waals surface area contributed by atoms with E-state index in [4.69, 9.17) is 14.2 Å². The van der Waals surface area contributed by atoms with Gasteiger partial charge in [0.2, 0.25) is 0 Å². The van der Waals surface area contributed by atoms with Crippen LogP contribution in [0.15, 0.2) is 34.4 Å². The standard InChI is InChI=1S/C35H52O6/c1-21-15-16-35(31(38)39-10)18-17-32(5,6)19-27(35)25(21)12-13-26-22(2)11-14-29-33(7,8)30(41-24(4)37)28(40-23(3)36)20-34(26,29)9/h12-13,27-30H,11,14-20H2,1-10H3/b13-12-/t27-,28+,29-,30-,34+,35+/m0/s1. The molecule has 0 aromatic carbocycles. The van der Waals surface area contributed by atoms with Crippen molar-refractivity contribution in [2.24, 2.45) is 33.5 Å². The predicted molar refractivity (Wildman–Crippen MR) is 160 cm³/mol. The molecule has 0 N–H and O–H groups in total. The molecule has 4 aliphatic carbocycles. The molecule has 0 unspecified atom stereocenters. The number of esters is 3. The van der Waals surface area contributed by atoms with Crippen molar-refractivity contribution in [2.75, 3.05) is 7.11 Å². The van der Waals surface area contributed by atoms with Crippen molar-refractivity contribution in [3.05, 3.63) is 34.4 Å². The highest BCUT2D eigenvalue weighted by molar-refractivity contribution is 5.79. The minimum absolute atomic E-state index is 0.0637. The lowest BCUT2D eigenvalue weighted by atomic mass is 9.48. The first-order valence-electron chi connectivity index (χ1n) is 15.5. The van der Waals surface area contributed by atoms with Crippen molar-refractivity contribution >= 4 is 17.9 Å². The van der Waals surface area contributed by atoms with Crippen LogP contribution in [0.3, 0.4) is 0 Å². The van der Waals surface area contributed by atoms with Crippen LogP contribution in [0.2, 0.25) is 0 Å². The Morgan fingerprint density at radius 3 is 2.10 bits per heavy atom. The van der Waals surface area contributed by atoms with Gasteiger partial charge in [-0.1, -0.05) is 57.9 Å². The Hall–Kier alpha value is -2.37. The SMILES string of the molecule is COC(=O)[C@@]12CCC(C)=C(/C=C\C3=C(C)CC[C@H]4C(C)(C)[C@@H](OC(C)=O)[C@H](OC(C)=O)C[C@]34C)[C@@H]1CC(C)(C)CC2. The second-order valence-corrected chi connectivity index (χ2v) is 15.0. The fraction of sp³-hybridized carbons (Fsp3) is 0.743. The molecule has 228 valence electrons. The maximum absolute atomic E-state index is 13.3. The number of ether oxygens (including phenoxy) is 3. The Morgan fingerprint density at radius 2 is 1.49 bits per heavy atom. The van der Waals surface area contributed by atoms with E-state index in [0.29, 0.717) is 6.42 Å². The monoisotopic (exact) mass is 568 g/mol. The Morgan fingerprint density at radius 1 is 0.829 bits per heavy atom. The minimum atomic E-state index is -0.524. The number of carbonyl (C=O) groups is 3. The summed E-state index contributed by atoms with van der Waals surface area (Å²) in [7, 11) is 1.53. The van der Waals surface area contributed by atoms with Gasteiger partial charge in [0, 0.05) is 25.2 Å². The van der Waals surface area contributed by atoms with Crippen molar-refractivity contribution < 1.29 is 28.6 Å². The lowest BCUT2D eigenvalue weighted by molar-refractivity contribution is -0.203. The molecule has 41 heavy (non-hydrogen) atoms. The number of hydrogen-bond donors (Lipinski definition) is 0. The Labute approximate surface area is 247 Å². The van der Waals surface area contributed by atoms with Gasteiger partial charge in [-0.3, -0.25) is 14.4 Å². The minimum Gasteiger partial charge on any atom is -0.469 e. The molecule has 4 rings (SSSR count). The summed E-state index contributed by atoms with van der Waals surface area (Å²) in [5, 5.41) is 0. The highest BCUT2D eigenvalue weighted by Crippen LogP contribution is 2.62. The van der Waals surface area contributed by atoms with Gasteiger partial charge in [-0.15, -0.1) is 0 Å². The van der Waals surface area contributed by atoms with Crippen molar-refractivity contribution in [3.63, 3.8) is 0 Å². The molecule has 0 aromatic heterocycles.